The molecule has 0 radical (unpaired) electrons. The molecule has 0 heterocycles. The van der Waals surface area contributed by atoms with Gasteiger partial charge >= 0.3 is 0 Å². The summed E-state index contributed by atoms with van der Waals surface area (Å²) in [4.78, 5) is 14.6. The standard InChI is InChI=1S/C14H28N2O2/c1-4-16(11(2)10-18-3)14(17)13-8-6-5-7-12(13)9-15/h11-13H,4-10,15H2,1-3H3. The van der Waals surface area contributed by atoms with Gasteiger partial charge in [0, 0.05) is 19.6 Å². The van der Waals surface area contributed by atoms with Crippen LogP contribution in [0.3, 0.4) is 0 Å². The summed E-state index contributed by atoms with van der Waals surface area (Å²) in [6.07, 6.45) is 4.47. The summed E-state index contributed by atoms with van der Waals surface area (Å²) in [5, 5.41) is 0. The topological polar surface area (TPSA) is 55.6 Å². The number of nitrogens with zero attached hydrogens (tertiary/aromatic N) is 1. The van der Waals surface area contributed by atoms with Gasteiger partial charge in [-0.15, -0.1) is 0 Å². The third-order valence-electron chi connectivity index (χ3n) is 4.09. The zero-order valence-corrected chi connectivity index (χ0v) is 12.0. The van der Waals surface area contributed by atoms with Crippen LogP contribution >= 0.6 is 0 Å². The number of hydrogen-bond donors (Lipinski definition) is 1. The normalized spacial score (nSPS) is 25.8. The van der Waals surface area contributed by atoms with Crippen molar-refractivity contribution < 1.29 is 9.53 Å². The molecule has 1 fully saturated rings. The van der Waals surface area contributed by atoms with Gasteiger partial charge in [-0.1, -0.05) is 12.8 Å². The third-order valence-corrected chi connectivity index (χ3v) is 4.09. The Kier molecular flexibility index (Phi) is 6.65. The molecule has 106 valence electrons. The van der Waals surface area contributed by atoms with Gasteiger partial charge in [-0.05, 0) is 39.2 Å². The Bertz CT molecular complexity index is 258. The first-order chi connectivity index (χ1) is 8.65. The summed E-state index contributed by atoms with van der Waals surface area (Å²) in [6.45, 7) is 6.05. The first kappa shape index (κ1) is 15.4. The van der Waals surface area contributed by atoms with Crippen LogP contribution in [0.5, 0.6) is 0 Å². The van der Waals surface area contributed by atoms with Crippen LogP contribution in [0.4, 0.5) is 0 Å². The van der Waals surface area contributed by atoms with Gasteiger partial charge in [-0.2, -0.15) is 0 Å². The van der Waals surface area contributed by atoms with E-state index in [1.165, 1.54) is 6.42 Å². The zero-order valence-electron chi connectivity index (χ0n) is 12.0. The molecule has 2 N–H and O–H groups in total. The molecule has 3 unspecified atom stereocenters. The maximum absolute atomic E-state index is 12.6. The monoisotopic (exact) mass is 256 g/mol. The van der Waals surface area contributed by atoms with E-state index >= 15 is 0 Å². The average molecular weight is 256 g/mol. The van der Waals surface area contributed by atoms with Crippen LogP contribution in [-0.4, -0.2) is 43.7 Å². The minimum absolute atomic E-state index is 0.128. The van der Waals surface area contributed by atoms with E-state index in [0.717, 1.165) is 25.8 Å². The molecule has 0 aromatic rings. The fraction of sp³-hybridized carbons (Fsp3) is 0.929. The molecular formula is C14H28N2O2. The van der Waals surface area contributed by atoms with Crippen molar-refractivity contribution in [2.24, 2.45) is 17.6 Å². The number of rotatable bonds is 6. The maximum atomic E-state index is 12.6. The Balaban J connectivity index is 2.69. The molecule has 3 atom stereocenters. The third kappa shape index (κ3) is 3.69. The highest BCUT2D eigenvalue weighted by atomic mass is 16.5. The number of likely N-dealkylation sites (N-methyl/N-ethyl adjacent to an activating group) is 1. The van der Waals surface area contributed by atoms with Gasteiger partial charge in [0.1, 0.15) is 0 Å². The fourth-order valence-corrected chi connectivity index (χ4v) is 3.04. The van der Waals surface area contributed by atoms with Crippen molar-refractivity contribution in [1.82, 2.24) is 4.90 Å². The van der Waals surface area contributed by atoms with Crippen LogP contribution < -0.4 is 5.73 Å². The molecule has 18 heavy (non-hydrogen) atoms. The summed E-state index contributed by atoms with van der Waals surface area (Å²) in [5.74, 6) is 0.773. The van der Waals surface area contributed by atoms with Gasteiger partial charge in [0.25, 0.3) is 0 Å². The van der Waals surface area contributed by atoms with E-state index < -0.39 is 0 Å². The van der Waals surface area contributed by atoms with Crippen molar-refractivity contribution in [2.45, 2.75) is 45.6 Å². The van der Waals surface area contributed by atoms with Crippen molar-refractivity contribution >= 4 is 5.91 Å². The maximum Gasteiger partial charge on any atom is 0.226 e. The van der Waals surface area contributed by atoms with Crippen LogP contribution in [0.25, 0.3) is 0 Å². The van der Waals surface area contributed by atoms with Crippen molar-refractivity contribution in [2.75, 3.05) is 26.8 Å². The van der Waals surface area contributed by atoms with Gasteiger partial charge in [0.05, 0.1) is 12.6 Å². The van der Waals surface area contributed by atoms with Crippen molar-refractivity contribution in [3.8, 4) is 0 Å². The first-order valence-corrected chi connectivity index (χ1v) is 7.15. The smallest absolute Gasteiger partial charge is 0.226 e. The summed E-state index contributed by atoms with van der Waals surface area (Å²) in [7, 11) is 1.68. The van der Waals surface area contributed by atoms with Gasteiger partial charge in [0.15, 0.2) is 0 Å². The largest absolute Gasteiger partial charge is 0.383 e. The molecular weight excluding hydrogens is 228 g/mol. The number of carbonyl (C=O) groups is 1. The fourth-order valence-electron chi connectivity index (χ4n) is 3.04. The lowest BCUT2D eigenvalue weighted by molar-refractivity contribution is -0.141. The Hall–Kier alpha value is -0.610. The Morgan fingerprint density at radius 1 is 1.44 bits per heavy atom. The first-order valence-electron chi connectivity index (χ1n) is 7.15. The number of ether oxygens (including phenoxy) is 1. The highest BCUT2D eigenvalue weighted by Crippen LogP contribution is 2.31. The highest BCUT2D eigenvalue weighted by molar-refractivity contribution is 5.79. The summed E-state index contributed by atoms with van der Waals surface area (Å²) in [5.41, 5.74) is 5.81. The molecule has 4 nitrogen and oxygen atoms in total. The van der Waals surface area contributed by atoms with Crippen molar-refractivity contribution in [3.05, 3.63) is 0 Å². The molecule has 1 rings (SSSR count). The second-order valence-corrected chi connectivity index (χ2v) is 5.32. The Morgan fingerprint density at radius 2 is 2.11 bits per heavy atom. The zero-order chi connectivity index (χ0) is 13.5. The van der Waals surface area contributed by atoms with Gasteiger partial charge in [-0.25, -0.2) is 0 Å². The number of methoxy groups -OCH3 is 1. The second-order valence-electron chi connectivity index (χ2n) is 5.32. The van der Waals surface area contributed by atoms with E-state index in [1.54, 1.807) is 7.11 Å². The van der Waals surface area contributed by atoms with Gasteiger partial charge in [0.2, 0.25) is 5.91 Å². The lowest BCUT2D eigenvalue weighted by Crippen LogP contribution is -2.47. The molecule has 0 aromatic heterocycles. The molecule has 0 aromatic carbocycles. The molecule has 1 aliphatic carbocycles. The van der Waals surface area contributed by atoms with Gasteiger partial charge < -0.3 is 15.4 Å². The van der Waals surface area contributed by atoms with Crippen molar-refractivity contribution in [3.63, 3.8) is 0 Å². The predicted octanol–water partition coefficient (Wildman–Crippen LogP) is 1.63. The minimum atomic E-state index is 0.128. The molecule has 1 aliphatic rings. The molecule has 0 saturated heterocycles. The van der Waals surface area contributed by atoms with E-state index in [2.05, 4.69) is 0 Å². The molecule has 0 aliphatic heterocycles. The molecule has 1 saturated carbocycles. The predicted molar refractivity (Wildman–Crippen MR) is 73.2 cm³/mol. The quantitative estimate of drug-likeness (QED) is 0.786. The van der Waals surface area contributed by atoms with Crippen LogP contribution in [0.1, 0.15) is 39.5 Å². The van der Waals surface area contributed by atoms with E-state index in [-0.39, 0.29) is 17.9 Å². The SMILES string of the molecule is CCN(C(=O)C1CCCCC1CN)C(C)COC. The van der Waals surface area contributed by atoms with Crippen molar-refractivity contribution in [1.29, 1.82) is 0 Å². The lowest BCUT2D eigenvalue weighted by atomic mass is 9.78. The van der Waals surface area contributed by atoms with E-state index in [1.807, 2.05) is 18.7 Å². The number of carbonyl (C=O) groups excluding carboxylic acids is 1. The Morgan fingerprint density at radius 3 is 2.67 bits per heavy atom. The highest BCUT2D eigenvalue weighted by Gasteiger charge is 2.33. The van der Waals surface area contributed by atoms with E-state index in [0.29, 0.717) is 19.1 Å². The second kappa shape index (κ2) is 7.74. The number of amides is 1. The number of hydrogen-bond acceptors (Lipinski definition) is 3. The summed E-state index contributed by atoms with van der Waals surface area (Å²) < 4.78 is 5.16. The molecule has 0 bridgehead atoms. The van der Waals surface area contributed by atoms with Crippen LogP contribution in [0.2, 0.25) is 0 Å². The Labute approximate surface area is 111 Å². The van der Waals surface area contributed by atoms with E-state index in [4.69, 9.17) is 10.5 Å². The summed E-state index contributed by atoms with van der Waals surface area (Å²) >= 11 is 0. The molecule has 0 spiro atoms. The molecule has 4 heteroatoms. The van der Waals surface area contributed by atoms with Gasteiger partial charge in [-0.3, -0.25) is 4.79 Å². The number of nitrogens with two attached hydrogens (primary N) is 1. The van der Waals surface area contributed by atoms with Crippen LogP contribution in [0, 0.1) is 11.8 Å². The average Bonchev–Trinajstić information content (AvgIpc) is 2.39. The molecule has 1 amide bonds. The lowest BCUT2D eigenvalue weighted by Gasteiger charge is -2.36. The van der Waals surface area contributed by atoms with Crippen LogP contribution in [0.15, 0.2) is 0 Å². The van der Waals surface area contributed by atoms with E-state index in [9.17, 15) is 4.79 Å². The minimum Gasteiger partial charge on any atom is -0.383 e. The van der Waals surface area contributed by atoms with Crippen LogP contribution in [-0.2, 0) is 9.53 Å². The summed E-state index contributed by atoms with van der Waals surface area (Å²) in [6, 6.07) is 0.146.